The van der Waals surface area contributed by atoms with Gasteiger partial charge in [-0.15, -0.1) is 0 Å². The zero-order valence-electron chi connectivity index (χ0n) is 9.28. The molecule has 2 heterocycles. The molecule has 2 aromatic rings. The first kappa shape index (κ1) is 11.7. The summed E-state index contributed by atoms with van der Waals surface area (Å²) in [6.07, 6.45) is 4.36. The molecule has 92 valence electrons. The third-order valence-corrected chi connectivity index (χ3v) is 2.19. The first-order valence-electron chi connectivity index (χ1n) is 5.06. The maximum Gasteiger partial charge on any atom is 0.329 e. The fraction of sp³-hybridized carbons (Fsp3) is 0.100. The van der Waals surface area contributed by atoms with E-state index < -0.39 is 4.92 Å². The van der Waals surface area contributed by atoms with Gasteiger partial charge in [-0.1, -0.05) is 0 Å². The van der Waals surface area contributed by atoms with Crippen molar-refractivity contribution in [1.29, 1.82) is 0 Å². The number of nitrogens with zero attached hydrogens (tertiary/aromatic N) is 4. The lowest BCUT2D eigenvalue weighted by Crippen LogP contribution is -2.07. The molecule has 0 aromatic carbocycles. The van der Waals surface area contributed by atoms with E-state index >= 15 is 0 Å². The van der Waals surface area contributed by atoms with Gasteiger partial charge in [-0.05, 0) is 17.7 Å². The monoisotopic (exact) mass is 246 g/mol. The summed E-state index contributed by atoms with van der Waals surface area (Å²) in [6, 6.07) is 3.59. The first-order valence-corrected chi connectivity index (χ1v) is 5.06. The lowest BCUT2D eigenvalue weighted by molar-refractivity contribution is -0.384. The summed E-state index contributed by atoms with van der Waals surface area (Å²) in [5.74, 6) is 0.0853. The molecular weight excluding hydrogens is 236 g/mol. The first-order chi connectivity index (χ1) is 8.66. The van der Waals surface area contributed by atoms with E-state index in [-0.39, 0.29) is 17.5 Å². The van der Waals surface area contributed by atoms with Crippen LogP contribution in [0.2, 0.25) is 0 Å². The van der Waals surface area contributed by atoms with Gasteiger partial charge in [0.15, 0.2) is 0 Å². The quantitative estimate of drug-likeness (QED) is 0.609. The highest BCUT2D eigenvalue weighted by Crippen LogP contribution is 2.21. The van der Waals surface area contributed by atoms with Crippen LogP contribution in [0.5, 0.6) is 0 Å². The highest BCUT2D eigenvalue weighted by Gasteiger charge is 2.16. The molecule has 0 amide bonds. The topological polar surface area (TPSA) is 120 Å². The van der Waals surface area contributed by atoms with Crippen LogP contribution in [0.1, 0.15) is 5.56 Å². The summed E-state index contributed by atoms with van der Waals surface area (Å²) in [6.45, 7) is 0.389. The number of nitrogens with one attached hydrogen (secondary N) is 1. The maximum absolute atomic E-state index is 10.8. The Labute approximate surface area is 102 Å². The van der Waals surface area contributed by atoms with Gasteiger partial charge in [0, 0.05) is 18.9 Å². The molecular formula is C10H10N6O2. The van der Waals surface area contributed by atoms with Crippen molar-refractivity contribution in [2.24, 2.45) is 0 Å². The van der Waals surface area contributed by atoms with Gasteiger partial charge >= 0.3 is 5.69 Å². The highest BCUT2D eigenvalue weighted by molar-refractivity contribution is 5.56. The molecule has 0 spiro atoms. The number of pyridine rings is 1. The van der Waals surface area contributed by atoms with E-state index in [1.807, 2.05) is 0 Å². The van der Waals surface area contributed by atoms with Crippen LogP contribution in [0.3, 0.4) is 0 Å². The number of nitro groups is 1. The number of anilines is 2. The SMILES string of the molecule is Nc1ncc([N+](=O)[O-])c(NCc2ccncc2)n1. The zero-order chi connectivity index (χ0) is 13.0. The Morgan fingerprint density at radius 2 is 2.11 bits per heavy atom. The van der Waals surface area contributed by atoms with E-state index in [9.17, 15) is 10.1 Å². The molecule has 0 saturated heterocycles. The molecule has 8 heteroatoms. The second-order valence-electron chi connectivity index (χ2n) is 3.43. The molecule has 0 fully saturated rings. The molecule has 8 nitrogen and oxygen atoms in total. The number of nitrogens with two attached hydrogens (primary N) is 1. The van der Waals surface area contributed by atoms with Crippen molar-refractivity contribution >= 4 is 17.5 Å². The van der Waals surface area contributed by atoms with Gasteiger partial charge in [0.2, 0.25) is 11.8 Å². The summed E-state index contributed by atoms with van der Waals surface area (Å²) >= 11 is 0. The normalized spacial score (nSPS) is 10.0. The average Bonchev–Trinajstić information content (AvgIpc) is 2.37. The van der Waals surface area contributed by atoms with E-state index in [4.69, 9.17) is 5.73 Å². The number of aromatic nitrogens is 3. The van der Waals surface area contributed by atoms with Crippen LogP contribution < -0.4 is 11.1 Å². The van der Waals surface area contributed by atoms with Crippen molar-refractivity contribution in [3.8, 4) is 0 Å². The van der Waals surface area contributed by atoms with Gasteiger partial charge in [0.1, 0.15) is 6.20 Å². The molecule has 2 rings (SSSR count). The van der Waals surface area contributed by atoms with E-state index in [2.05, 4.69) is 20.3 Å². The lowest BCUT2D eigenvalue weighted by atomic mass is 10.3. The predicted molar refractivity (Wildman–Crippen MR) is 64.7 cm³/mol. The smallest absolute Gasteiger partial charge is 0.329 e. The zero-order valence-corrected chi connectivity index (χ0v) is 9.28. The molecule has 2 aromatic heterocycles. The molecule has 0 bridgehead atoms. The van der Waals surface area contributed by atoms with E-state index in [1.54, 1.807) is 24.5 Å². The van der Waals surface area contributed by atoms with Gasteiger partial charge in [0.25, 0.3) is 0 Å². The molecule has 0 aliphatic rings. The van der Waals surface area contributed by atoms with Crippen molar-refractivity contribution in [3.63, 3.8) is 0 Å². The molecule has 0 unspecified atom stereocenters. The standard InChI is InChI=1S/C10H10N6O2/c11-10-14-6-8(16(17)18)9(15-10)13-5-7-1-3-12-4-2-7/h1-4,6H,5H2,(H3,11,13,14,15). The predicted octanol–water partition coefficient (Wildman–Crippen LogP) is 0.974. The van der Waals surface area contributed by atoms with E-state index in [1.165, 1.54) is 0 Å². The summed E-state index contributed by atoms with van der Waals surface area (Å²) in [4.78, 5) is 21.5. The van der Waals surface area contributed by atoms with Crippen LogP contribution >= 0.6 is 0 Å². The fourth-order valence-corrected chi connectivity index (χ4v) is 1.34. The Balaban J connectivity index is 2.18. The van der Waals surface area contributed by atoms with Crippen molar-refractivity contribution in [2.45, 2.75) is 6.54 Å². The molecule has 3 N–H and O–H groups in total. The Hall–Kier alpha value is -2.77. The Kier molecular flexibility index (Phi) is 3.28. The molecule has 0 radical (unpaired) electrons. The minimum atomic E-state index is -0.561. The van der Waals surface area contributed by atoms with Crippen LogP contribution in [0.25, 0.3) is 0 Å². The van der Waals surface area contributed by atoms with E-state index in [0.717, 1.165) is 11.8 Å². The van der Waals surface area contributed by atoms with Crippen molar-refractivity contribution in [3.05, 3.63) is 46.4 Å². The third-order valence-electron chi connectivity index (χ3n) is 2.19. The summed E-state index contributed by atoms with van der Waals surface area (Å²) < 4.78 is 0. The Morgan fingerprint density at radius 1 is 1.39 bits per heavy atom. The summed E-state index contributed by atoms with van der Waals surface area (Å²) in [5.41, 5.74) is 6.12. The number of hydrogen-bond donors (Lipinski definition) is 2. The summed E-state index contributed by atoms with van der Waals surface area (Å²) in [5, 5.41) is 13.6. The van der Waals surface area contributed by atoms with Gasteiger partial charge in [-0.2, -0.15) is 4.98 Å². The van der Waals surface area contributed by atoms with Gasteiger partial charge in [-0.25, -0.2) is 4.98 Å². The highest BCUT2D eigenvalue weighted by atomic mass is 16.6. The van der Waals surface area contributed by atoms with Gasteiger partial charge < -0.3 is 11.1 Å². The van der Waals surface area contributed by atoms with Crippen molar-refractivity contribution in [2.75, 3.05) is 11.1 Å². The fourth-order valence-electron chi connectivity index (χ4n) is 1.34. The van der Waals surface area contributed by atoms with Crippen molar-refractivity contribution in [1.82, 2.24) is 15.0 Å². The minimum Gasteiger partial charge on any atom is -0.368 e. The van der Waals surface area contributed by atoms with Gasteiger partial charge in [-0.3, -0.25) is 15.1 Å². The average molecular weight is 246 g/mol. The summed E-state index contributed by atoms with van der Waals surface area (Å²) in [7, 11) is 0. The second-order valence-corrected chi connectivity index (χ2v) is 3.43. The van der Waals surface area contributed by atoms with Gasteiger partial charge in [0.05, 0.1) is 4.92 Å². The molecule has 0 aliphatic heterocycles. The van der Waals surface area contributed by atoms with Crippen LogP contribution in [0.4, 0.5) is 17.5 Å². The minimum absolute atomic E-state index is 0.0159. The lowest BCUT2D eigenvalue weighted by Gasteiger charge is -2.06. The Bertz CT molecular complexity index is 560. The van der Waals surface area contributed by atoms with Crippen LogP contribution in [-0.4, -0.2) is 19.9 Å². The van der Waals surface area contributed by atoms with Crippen LogP contribution in [0, 0.1) is 10.1 Å². The van der Waals surface area contributed by atoms with Crippen LogP contribution in [0.15, 0.2) is 30.7 Å². The molecule has 18 heavy (non-hydrogen) atoms. The molecule has 0 atom stereocenters. The van der Waals surface area contributed by atoms with Crippen molar-refractivity contribution < 1.29 is 4.92 Å². The molecule has 0 saturated carbocycles. The number of hydrogen-bond acceptors (Lipinski definition) is 7. The largest absolute Gasteiger partial charge is 0.368 e. The number of rotatable bonds is 4. The Morgan fingerprint density at radius 3 is 2.78 bits per heavy atom. The second kappa shape index (κ2) is 5.04. The molecule has 0 aliphatic carbocycles. The maximum atomic E-state index is 10.8. The third kappa shape index (κ3) is 2.67. The van der Waals surface area contributed by atoms with E-state index in [0.29, 0.717) is 6.54 Å². The number of nitrogen functional groups attached to an aromatic ring is 1. The van der Waals surface area contributed by atoms with Crippen LogP contribution in [-0.2, 0) is 6.54 Å².